The molecule has 0 unspecified atom stereocenters. The molecule has 3 aromatic rings. The van der Waals surface area contributed by atoms with Crippen molar-refractivity contribution in [2.75, 3.05) is 11.9 Å². The molecule has 0 spiro atoms. The predicted octanol–water partition coefficient (Wildman–Crippen LogP) is 2.45. The lowest BCUT2D eigenvalue weighted by atomic mass is 9.74. The summed E-state index contributed by atoms with van der Waals surface area (Å²) >= 11 is 0. The molecule has 0 aliphatic carbocycles. The third-order valence-electron chi connectivity index (χ3n) is 7.09. The van der Waals surface area contributed by atoms with E-state index in [1.165, 1.54) is 17.0 Å². The van der Waals surface area contributed by atoms with Gasteiger partial charge in [0.2, 0.25) is 0 Å². The average molecular weight is 466 g/mol. The standard InChI is InChI=1S/C24H28FN7O2/c1-24-10-4-5-17(28-24)21(25)18(12-24)32(3)20-9-8-16(29-30-20)15-7-6-14(11-19(15)33)22-26-13-31(2)23(34)27-22/h6-9,11,13,17-18,21,28,33H,4-5,10,12H2,1-3H3/t17-,18+,21-,24+/m0/s1. The normalized spacial score (nSPS) is 26.3. The highest BCUT2D eigenvalue weighted by Crippen LogP contribution is 2.38. The molecule has 1 aromatic carbocycles. The van der Waals surface area contributed by atoms with Gasteiger partial charge in [0.25, 0.3) is 0 Å². The molecular weight excluding hydrogens is 437 g/mol. The third kappa shape index (κ3) is 4.02. The predicted molar refractivity (Wildman–Crippen MR) is 126 cm³/mol. The van der Waals surface area contributed by atoms with Gasteiger partial charge in [-0.15, -0.1) is 10.2 Å². The monoisotopic (exact) mass is 465 g/mol. The van der Waals surface area contributed by atoms with Gasteiger partial charge in [-0.05, 0) is 56.9 Å². The smallest absolute Gasteiger partial charge is 0.350 e. The summed E-state index contributed by atoms with van der Waals surface area (Å²) in [5, 5.41) is 22.7. The summed E-state index contributed by atoms with van der Waals surface area (Å²) in [6.45, 7) is 2.17. The fourth-order valence-electron chi connectivity index (χ4n) is 5.14. The first-order valence-electron chi connectivity index (χ1n) is 11.5. The molecule has 2 aliphatic heterocycles. The number of benzene rings is 1. The van der Waals surface area contributed by atoms with E-state index in [1.807, 2.05) is 11.9 Å². The van der Waals surface area contributed by atoms with Gasteiger partial charge in [0.1, 0.15) is 18.2 Å². The first kappa shape index (κ1) is 22.4. The number of alkyl halides is 1. The van der Waals surface area contributed by atoms with Crippen LogP contribution in [-0.2, 0) is 7.05 Å². The minimum absolute atomic E-state index is 0.0277. The van der Waals surface area contributed by atoms with Crippen molar-refractivity contribution in [3.8, 4) is 28.4 Å². The first-order chi connectivity index (χ1) is 16.2. The van der Waals surface area contributed by atoms with Crippen molar-refractivity contribution in [3.63, 3.8) is 0 Å². The maximum atomic E-state index is 15.2. The van der Waals surface area contributed by atoms with Crippen LogP contribution in [0.1, 0.15) is 32.6 Å². The Labute approximate surface area is 196 Å². The Bertz CT molecular complexity index is 1260. The summed E-state index contributed by atoms with van der Waals surface area (Å²) < 4.78 is 16.5. The summed E-state index contributed by atoms with van der Waals surface area (Å²) in [5.74, 6) is 0.791. The largest absolute Gasteiger partial charge is 0.507 e. The Morgan fingerprint density at radius 1 is 1.26 bits per heavy atom. The number of hydrogen-bond acceptors (Lipinski definition) is 8. The topological polar surface area (TPSA) is 109 Å². The molecular formula is C24H28FN7O2. The van der Waals surface area contributed by atoms with Crippen LogP contribution in [0.4, 0.5) is 10.2 Å². The zero-order valence-corrected chi connectivity index (χ0v) is 19.4. The Morgan fingerprint density at radius 3 is 2.79 bits per heavy atom. The molecule has 0 saturated carbocycles. The number of anilines is 1. The van der Waals surface area contributed by atoms with E-state index in [0.717, 1.165) is 19.3 Å². The number of phenols is 1. The summed E-state index contributed by atoms with van der Waals surface area (Å²) in [5.41, 5.74) is 1.000. The number of fused-ring (bicyclic) bond motifs is 2. The van der Waals surface area contributed by atoms with Crippen molar-refractivity contribution >= 4 is 5.82 Å². The average Bonchev–Trinajstić information content (AvgIpc) is 2.83. The lowest BCUT2D eigenvalue weighted by Gasteiger charge is -2.51. The molecule has 34 heavy (non-hydrogen) atoms. The van der Waals surface area contributed by atoms with Crippen LogP contribution in [0.2, 0.25) is 0 Å². The van der Waals surface area contributed by atoms with E-state index in [4.69, 9.17) is 0 Å². The van der Waals surface area contributed by atoms with Gasteiger partial charge >= 0.3 is 5.69 Å². The molecule has 2 fully saturated rings. The van der Waals surface area contributed by atoms with E-state index in [0.29, 0.717) is 29.1 Å². The van der Waals surface area contributed by atoms with Crippen LogP contribution in [0.5, 0.6) is 5.75 Å². The maximum absolute atomic E-state index is 15.2. The van der Waals surface area contributed by atoms with Crippen LogP contribution in [0.25, 0.3) is 22.6 Å². The van der Waals surface area contributed by atoms with E-state index >= 15 is 4.39 Å². The second-order valence-electron chi connectivity index (χ2n) is 9.61. The summed E-state index contributed by atoms with van der Waals surface area (Å²) in [6, 6.07) is 8.05. The van der Waals surface area contributed by atoms with Crippen molar-refractivity contribution in [1.82, 2.24) is 30.0 Å². The Balaban J connectivity index is 1.37. The van der Waals surface area contributed by atoms with Gasteiger partial charge in [0.15, 0.2) is 11.6 Å². The number of piperidine rings is 2. The van der Waals surface area contributed by atoms with Crippen molar-refractivity contribution in [2.45, 2.75) is 56.4 Å². The zero-order chi connectivity index (χ0) is 24.0. The lowest BCUT2D eigenvalue weighted by molar-refractivity contribution is 0.0607. The van der Waals surface area contributed by atoms with Crippen LogP contribution in [0.15, 0.2) is 41.5 Å². The van der Waals surface area contributed by atoms with Gasteiger partial charge in [0.05, 0.1) is 11.7 Å². The Morgan fingerprint density at radius 2 is 2.09 bits per heavy atom. The minimum Gasteiger partial charge on any atom is -0.507 e. The maximum Gasteiger partial charge on any atom is 0.350 e. The van der Waals surface area contributed by atoms with Crippen LogP contribution >= 0.6 is 0 Å². The van der Waals surface area contributed by atoms with Gasteiger partial charge < -0.3 is 15.3 Å². The lowest BCUT2D eigenvalue weighted by Crippen LogP contribution is -2.66. The summed E-state index contributed by atoms with van der Waals surface area (Å²) in [7, 11) is 3.43. The van der Waals surface area contributed by atoms with Crippen molar-refractivity contribution < 1.29 is 9.50 Å². The van der Waals surface area contributed by atoms with Crippen molar-refractivity contribution in [2.24, 2.45) is 7.05 Å². The second-order valence-corrected chi connectivity index (χ2v) is 9.61. The number of phenolic OH excluding ortho intramolecular Hbond substituents is 1. The van der Waals surface area contributed by atoms with Gasteiger partial charge in [0, 0.05) is 36.8 Å². The highest BCUT2D eigenvalue weighted by Gasteiger charge is 2.47. The molecule has 0 amide bonds. The van der Waals surface area contributed by atoms with Crippen LogP contribution in [0, 0.1) is 0 Å². The number of nitrogens with zero attached hydrogens (tertiary/aromatic N) is 6. The molecule has 10 heteroatoms. The SMILES string of the molecule is CN(c1ccc(-c2ccc(-c3ncn(C)c(=O)n3)cc2O)nn1)[C@@H]1C[C@@]2(C)CCC[C@H](N2)[C@@H]1F. The first-order valence-corrected chi connectivity index (χ1v) is 11.5. The molecule has 2 saturated heterocycles. The van der Waals surface area contributed by atoms with Gasteiger partial charge in [-0.2, -0.15) is 4.98 Å². The molecule has 178 valence electrons. The number of nitrogens with one attached hydrogen (secondary N) is 1. The number of hydrogen-bond donors (Lipinski definition) is 2. The molecule has 0 radical (unpaired) electrons. The number of rotatable bonds is 4. The summed E-state index contributed by atoms with van der Waals surface area (Å²) in [4.78, 5) is 21.7. The van der Waals surface area contributed by atoms with E-state index in [-0.39, 0.29) is 29.2 Å². The molecule has 4 atom stereocenters. The van der Waals surface area contributed by atoms with Crippen LogP contribution in [0.3, 0.4) is 0 Å². The van der Waals surface area contributed by atoms with E-state index in [2.05, 4.69) is 32.4 Å². The van der Waals surface area contributed by atoms with Gasteiger partial charge in [-0.3, -0.25) is 4.57 Å². The Kier molecular flexibility index (Phi) is 5.55. The van der Waals surface area contributed by atoms with E-state index < -0.39 is 11.9 Å². The fraction of sp³-hybridized carbons (Fsp3) is 0.458. The zero-order valence-electron chi connectivity index (χ0n) is 19.4. The molecule has 2 aliphatic rings. The number of halogens is 1. The third-order valence-corrected chi connectivity index (χ3v) is 7.09. The van der Waals surface area contributed by atoms with E-state index in [9.17, 15) is 9.90 Å². The van der Waals surface area contributed by atoms with Crippen LogP contribution < -0.4 is 15.9 Å². The minimum atomic E-state index is -0.978. The molecule has 4 heterocycles. The molecule has 2 N–H and O–H groups in total. The van der Waals surface area contributed by atoms with Gasteiger partial charge in [-0.25, -0.2) is 14.2 Å². The second kappa shape index (κ2) is 8.43. The summed E-state index contributed by atoms with van der Waals surface area (Å²) in [6.07, 6.45) is 4.06. The quantitative estimate of drug-likeness (QED) is 0.605. The number of aromatic nitrogens is 5. The van der Waals surface area contributed by atoms with E-state index in [1.54, 1.807) is 31.3 Å². The molecule has 9 nitrogen and oxygen atoms in total. The number of aryl methyl sites for hydroxylation is 1. The Hall–Kier alpha value is -3.40. The fourth-order valence-corrected chi connectivity index (χ4v) is 5.14. The van der Waals surface area contributed by atoms with Crippen LogP contribution in [-0.4, -0.2) is 60.7 Å². The number of aromatic hydroxyl groups is 1. The molecule has 2 bridgehead atoms. The van der Waals surface area contributed by atoms with Crippen molar-refractivity contribution in [1.29, 1.82) is 0 Å². The molecule has 2 aromatic heterocycles. The highest BCUT2D eigenvalue weighted by atomic mass is 19.1. The van der Waals surface area contributed by atoms with Gasteiger partial charge in [-0.1, -0.05) is 6.07 Å². The molecule has 5 rings (SSSR count). The highest BCUT2D eigenvalue weighted by molar-refractivity contribution is 5.72. The van der Waals surface area contributed by atoms with Crippen molar-refractivity contribution in [3.05, 3.63) is 47.1 Å².